The molecular weight excluding hydrogens is 222 g/mol. The van der Waals surface area contributed by atoms with E-state index in [-0.39, 0.29) is 0 Å². The fourth-order valence-corrected chi connectivity index (χ4v) is 5.11. The van der Waals surface area contributed by atoms with Crippen molar-refractivity contribution in [2.24, 2.45) is 16.7 Å². The molecule has 104 valence electrons. The molecule has 3 aliphatic rings. The summed E-state index contributed by atoms with van der Waals surface area (Å²) in [7, 11) is 1.87. The number of hydrogen-bond donors (Lipinski definition) is 1. The van der Waals surface area contributed by atoms with E-state index in [2.05, 4.69) is 26.1 Å². The second-order valence-corrected chi connectivity index (χ2v) is 7.64. The summed E-state index contributed by atoms with van der Waals surface area (Å²) in [5, 5.41) is 3.98. The van der Waals surface area contributed by atoms with E-state index in [9.17, 15) is 0 Å². The molecule has 0 saturated heterocycles. The van der Waals surface area contributed by atoms with Crippen molar-refractivity contribution in [2.75, 3.05) is 7.11 Å². The molecule has 2 heteroatoms. The van der Waals surface area contributed by atoms with Crippen molar-refractivity contribution in [3.8, 4) is 0 Å². The Hall–Kier alpha value is -0.0800. The van der Waals surface area contributed by atoms with Crippen LogP contribution in [0.3, 0.4) is 0 Å². The Morgan fingerprint density at radius 1 is 1.11 bits per heavy atom. The maximum Gasteiger partial charge on any atom is 0.0724 e. The van der Waals surface area contributed by atoms with Gasteiger partial charge in [-0.1, -0.05) is 20.8 Å². The first-order valence-electron chi connectivity index (χ1n) is 7.78. The number of rotatable bonds is 3. The number of fused-ring (bicyclic) bond motifs is 2. The third kappa shape index (κ3) is 1.61. The van der Waals surface area contributed by atoms with Crippen molar-refractivity contribution in [1.82, 2.24) is 5.32 Å². The van der Waals surface area contributed by atoms with Gasteiger partial charge < -0.3 is 10.1 Å². The lowest BCUT2D eigenvalue weighted by Crippen LogP contribution is -2.50. The fourth-order valence-electron chi connectivity index (χ4n) is 5.11. The molecule has 0 spiro atoms. The lowest BCUT2D eigenvalue weighted by molar-refractivity contribution is 0.0612. The average molecular weight is 251 g/mol. The largest absolute Gasteiger partial charge is 0.380 e. The monoisotopic (exact) mass is 251 g/mol. The number of nitrogens with one attached hydrogen (secondary N) is 1. The zero-order valence-electron chi connectivity index (χ0n) is 12.5. The molecule has 0 aromatic carbocycles. The molecule has 3 saturated carbocycles. The van der Waals surface area contributed by atoms with Gasteiger partial charge in [-0.15, -0.1) is 0 Å². The van der Waals surface area contributed by atoms with Gasteiger partial charge in [-0.05, 0) is 55.3 Å². The Balaban J connectivity index is 1.72. The van der Waals surface area contributed by atoms with Crippen LogP contribution in [0.15, 0.2) is 0 Å². The summed E-state index contributed by atoms with van der Waals surface area (Å²) in [6.45, 7) is 7.51. The normalized spacial score (nSPS) is 50.0. The molecule has 18 heavy (non-hydrogen) atoms. The van der Waals surface area contributed by atoms with Crippen molar-refractivity contribution >= 4 is 0 Å². The fraction of sp³-hybridized carbons (Fsp3) is 1.00. The lowest BCUT2D eigenvalue weighted by atomic mass is 9.69. The second kappa shape index (κ2) is 4.21. The Morgan fingerprint density at radius 3 is 2.44 bits per heavy atom. The minimum atomic E-state index is 0.454. The molecule has 0 aromatic rings. The summed E-state index contributed by atoms with van der Waals surface area (Å²) >= 11 is 0. The summed E-state index contributed by atoms with van der Waals surface area (Å²) < 4.78 is 5.64. The summed E-state index contributed by atoms with van der Waals surface area (Å²) in [5.74, 6) is 0.933. The predicted octanol–water partition coefficient (Wildman–Crippen LogP) is 3.36. The Morgan fingerprint density at radius 2 is 1.89 bits per heavy atom. The molecule has 3 fully saturated rings. The quantitative estimate of drug-likeness (QED) is 0.830. The van der Waals surface area contributed by atoms with E-state index in [1.807, 2.05) is 7.11 Å². The first-order valence-corrected chi connectivity index (χ1v) is 7.78. The molecular formula is C16H29NO. The topological polar surface area (TPSA) is 21.3 Å². The zero-order valence-corrected chi connectivity index (χ0v) is 12.5. The van der Waals surface area contributed by atoms with Crippen molar-refractivity contribution < 1.29 is 4.74 Å². The highest BCUT2D eigenvalue weighted by molar-refractivity contribution is 5.13. The van der Waals surface area contributed by atoms with Gasteiger partial charge in [-0.25, -0.2) is 0 Å². The van der Waals surface area contributed by atoms with Crippen molar-refractivity contribution in [2.45, 2.75) is 77.5 Å². The third-order valence-electron chi connectivity index (χ3n) is 6.96. The molecule has 2 bridgehead atoms. The molecule has 2 nitrogen and oxygen atoms in total. The maximum absolute atomic E-state index is 5.64. The lowest BCUT2D eigenvalue weighted by Gasteiger charge is -2.41. The van der Waals surface area contributed by atoms with Crippen LogP contribution in [0, 0.1) is 16.7 Å². The average Bonchev–Trinajstić information content (AvgIpc) is 2.91. The summed E-state index contributed by atoms with van der Waals surface area (Å²) in [4.78, 5) is 0. The molecule has 0 aromatic heterocycles. The molecule has 0 heterocycles. The maximum atomic E-state index is 5.64. The van der Waals surface area contributed by atoms with E-state index in [1.54, 1.807) is 0 Å². The van der Waals surface area contributed by atoms with Gasteiger partial charge in [-0.3, -0.25) is 0 Å². The highest BCUT2D eigenvalue weighted by Gasteiger charge is 2.61. The van der Waals surface area contributed by atoms with Crippen LogP contribution in [0.2, 0.25) is 0 Å². The van der Waals surface area contributed by atoms with Crippen molar-refractivity contribution in [3.63, 3.8) is 0 Å². The molecule has 5 atom stereocenters. The van der Waals surface area contributed by atoms with Crippen LogP contribution >= 0.6 is 0 Å². The van der Waals surface area contributed by atoms with Gasteiger partial charge >= 0.3 is 0 Å². The van der Waals surface area contributed by atoms with Gasteiger partial charge in [-0.2, -0.15) is 0 Å². The van der Waals surface area contributed by atoms with Crippen LogP contribution in [0.25, 0.3) is 0 Å². The minimum absolute atomic E-state index is 0.454. The van der Waals surface area contributed by atoms with E-state index < -0.39 is 0 Å². The first-order chi connectivity index (χ1) is 8.49. The number of methoxy groups -OCH3 is 1. The smallest absolute Gasteiger partial charge is 0.0724 e. The Kier molecular flexibility index (Phi) is 3.02. The summed E-state index contributed by atoms with van der Waals surface area (Å²) in [6.07, 6.45) is 8.56. The van der Waals surface area contributed by atoms with Crippen LogP contribution in [-0.2, 0) is 4.74 Å². The second-order valence-electron chi connectivity index (χ2n) is 7.64. The Labute approximate surface area is 112 Å². The van der Waals surface area contributed by atoms with Crippen molar-refractivity contribution in [3.05, 3.63) is 0 Å². The van der Waals surface area contributed by atoms with Gasteiger partial charge in [0.25, 0.3) is 0 Å². The molecule has 0 amide bonds. The highest BCUT2D eigenvalue weighted by atomic mass is 16.5. The van der Waals surface area contributed by atoms with Crippen LogP contribution < -0.4 is 5.32 Å². The van der Waals surface area contributed by atoms with E-state index in [1.165, 1.54) is 38.5 Å². The molecule has 3 aliphatic carbocycles. The van der Waals surface area contributed by atoms with Gasteiger partial charge in [0.1, 0.15) is 0 Å². The van der Waals surface area contributed by atoms with Crippen LogP contribution in [-0.4, -0.2) is 25.3 Å². The van der Waals surface area contributed by atoms with E-state index in [0.717, 1.165) is 5.92 Å². The summed E-state index contributed by atoms with van der Waals surface area (Å²) in [6, 6.07) is 1.32. The first kappa shape index (κ1) is 12.9. The van der Waals surface area contributed by atoms with E-state index in [4.69, 9.17) is 4.74 Å². The Bertz CT molecular complexity index is 327. The molecule has 1 N–H and O–H groups in total. The van der Waals surface area contributed by atoms with Gasteiger partial charge in [0.15, 0.2) is 0 Å². The van der Waals surface area contributed by atoms with Gasteiger partial charge in [0.2, 0.25) is 0 Å². The van der Waals surface area contributed by atoms with Gasteiger partial charge in [0, 0.05) is 19.2 Å². The van der Waals surface area contributed by atoms with E-state index in [0.29, 0.717) is 29.0 Å². The zero-order chi connectivity index (χ0) is 13.0. The molecule has 5 unspecified atom stereocenters. The highest BCUT2D eigenvalue weighted by Crippen LogP contribution is 2.65. The minimum Gasteiger partial charge on any atom is -0.380 e. The predicted molar refractivity (Wildman–Crippen MR) is 74.6 cm³/mol. The SMILES string of the molecule is COC1CCCC1NC1CC2CCC1(C)C2(C)C. The van der Waals surface area contributed by atoms with Crippen molar-refractivity contribution in [1.29, 1.82) is 0 Å². The van der Waals surface area contributed by atoms with Crippen LogP contribution in [0.1, 0.15) is 59.3 Å². The number of hydrogen-bond acceptors (Lipinski definition) is 2. The number of ether oxygens (including phenoxy) is 1. The van der Waals surface area contributed by atoms with Crippen LogP contribution in [0.4, 0.5) is 0 Å². The van der Waals surface area contributed by atoms with Gasteiger partial charge in [0.05, 0.1) is 6.10 Å². The molecule has 3 rings (SSSR count). The molecule has 0 aliphatic heterocycles. The third-order valence-corrected chi connectivity index (χ3v) is 6.96. The van der Waals surface area contributed by atoms with Crippen LogP contribution in [0.5, 0.6) is 0 Å². The summed E-state index contributed by atoms with van der Waals surface area (Å²) in [5.41, 5.74) is 1.02. The standard InChI is InChI=1S/C16H29NO/c1-15(2)11-8-9-16(15,3)14(10-11)17-12-6-5-7-13(12)18-4/h11-14,17H,5-10H2,1-4H3. The molecule has 0 radical (unpaired) electrons. The van der Waals surface area contributed by atoms with E-state index >= 15 is 0 Å².